The second-order valence-corrected chi connectivity index (χ2v) is 5.35. The van der Waals surface area contributed by atoms with Gasteiger partial charge in [0.05, 0.1) is 19.1 Å². The summed E-state index contributed by atoms with van der Waals surface area (Å²) in [5, 5.41) is 8.93. The van der Waals surface area contributed by atoms with E-state index in [9.17, 15) is 8.42 Å². The van der Waals surface area contributed by atoms with E-state index in [1.807, 2.05) is 0 Å². The summed E-state index contributed by atoms with van der Waals surface area (Å²) in [5.41, 5.74) is 0. The van der Waals surface area contributed by atoms with Gasteiger partial charge in [0, 0.05) is 12.6 Å². The molecule has 1 aliphatic rings. The molecular formula is C8H13N3O3S. The van der Waals surface area contributed by atoms with E-state index < -0.39 is 10.0 Å². The van der Waals surface area contributed by atoms with Gasteiger partial charge < -0.3 is 10.1 Å². The first-order chi connectivity index (χ1) is 7.16. The Morgan fingerprint density at radius 2 is 2.33 bits per heavy atom. The predicted octanol–water partition coefficient (Wildman–Crippen LogP) is -0.445. The molecule has 1 heterocycles. The van der Waals surface area contributed by atoms with Crippen LogP contribution in [0.2, 0.25) is 0 Å². The predicted molar refractivity (Wildman–Crippen MR) is 52.6 cm³/mol. The summed E-state index contributed by atoms with van der Waals surface area (Å²) in [4.78, 5) is 6.26. The van der Waals surface area contributed by atoms with Gasteiger partial charge in [-0.2, -0.15) is 4.31 Å². The summed E-state index contributed by atoms with van der Waals surface area (Å²) in [7, 11) is -3.50. The fourth-order valence-electron chi connectivity index (χ4n) is 1.47. The molecule has 15 heavy (non-hydrogen) atoms. The molecular weight excluding hydrogens is 218 g/mol. The number of aromatic amines is 1. The van der Waals surface area contributed by atoms with E-state index in [1.54, 1.807) is 0 Å². The van der Waals surface area contributed by atoms with Crippen LogP contribution in [-0.4, -0.2) is 47.0 Å². The van der Waals surface area contributed by atoms with Gasteiger partial charge >= 0.3 is 0 Å². The van der Waals surface area contributed by atoms with Crippen LogP contribution in [-0.2, 0) is 10.0 Å². The van der Waals surface area contributed by atoms with Crippen LogP contribution in [0.3, 0.4) is 0 Å². The first-order valence-corrected chi connectivity index (χ1v) is 6.21. The van der Waals surface area contributed by atoms with Gasteiger partial charge in [0.1, 0.15) is 0 Å². The van der Waals surface area contributed by atoms with Crippen LogP contribution in [0.4, 0.5) is 0 Å². The molecule has 0 bridgehead atoms. The third-order valence-corrected chi connectivity index (χ3v) is 4.21. The molecule has 0 amide bonds. The third-order valence-electron chi connectivity index (χ3n) is 2.33. The molecule has 1 aromatic heterocycles. The Labute approximate surface area is 88.0 Å². The van der Waals surface area contributed by atoms with Gasteiger partial charge in [-0.25, -0.2) is 13.4 Å². The molecule has 2 rings (SSSR count). The van der Waals surface area contributed by atoms with Gasteiger partial charge in [0.15, 0.2) is 5.03 Å². The molecule has 1 aliphatic carbocycles. The molecule has 7 heteroatoms. The van der Waals surface area contributed by atoms with Crippen molar-refractivity contribution in [1.82, 2.24) is 14.3 Å². The van der Waals surface area contributed by atoms with E-state index in [4.69, 9.17) is 5.11 Å². The minimum atomic E-state index is -3.50. The lowest BCUT2D eigenvalue weighted by atomic mass is 10.6. The first kappa shape index (κ1) is 10.6. The summed E-state index contributed by atoms with van der Waals surface area (Å²) in [6.45, 7) is -0.0180. The first-order valence-electron chi connectivity index (χ1n) is 4.77. The van der Waals surface area contributed by atoms with E-state index >= 15 is 0 Å². The quantitative estimate of drug-likeness (QED) is 0.719. The van der Waals surface area contributed by atoms with Crippen LogP contribution in [0.15, 0.2) is 17.6 Å². The lowest BCUT2D eigenvalue weighted by Crippen LogP contribution is -2.35. The minimum Gasteiger partial charge on any atom is -0.395 e. The maximum Gasteiger partial charge on any atom is 0.260 e. The number of aliphatic hydroxyl groups is 1. The van der Waals surface area contributed by atoms with Crippen molar-refractivity contribution in [3.05, 3.63) is 12.5 Å². The highest BCUT2D eigenvalue weighted by Gasteiger charge is 2.38. The molecule has 0 aliphatic heterocycles. The van der Waals surface area contributed by atoms with Crippen LogP contribution in [0.25, 0.3) is 0 Å². The van der Waals surface area contributed by atoms with Crippen molar-refractivity contribution in [1.29, 1.82) is 0 Å². The van der Waals surface area contributed by atoms with Gasteiger partial charge in [0.25, 0.3) is 10.0 Å². The van der Waals surface area contributed by atoms with E-state index in [0.29, 0.717) is 0 Å². The Balaban J connectivity index is 2.26. The molecule has 84 valence electrons. The topological polar surface area (TPSA) is 86.3 Å². The Bertz CT molecular complexity index is 410. The normalized spacial score (nSPS) is 17.2. The smallest absolute Gasteiger partial charge is 0.260 e. The van der Waals surface area contributed by atoms with Crippen LogP contribution in [0.1, 0.15) is 12.8 Å². The molecule has 0 radical (unpaired) electrons. The second kappa shape index (κ2) is 3.92. The number of nitrogens with one attached hydrogen (secondary N) is 1. The molecule has 0 spiro atoms. The summed E-state index contributed by atoms with van der Waals surface area (Å²) in [5.74, 6) is 0. The average Bonchev–Trinajstić information content (AvgIpc) is 2.86. The van der Waals surface area contributed by atoms with Crippen molar-refractivity contribution in [2.45, 2.75) is 23.9 Å². The monoisotopic (exact) mass is 231 g/mol. The van der Waals surface area contributed by atoms with Crippen molar-refractivity contribution in [3.63, 3.8) is 0 Å². The van der Waals surface area contributed by atoms with Crippen molar-refractivity contribution < 1.29 is 13.5 Å². The van der Waals surface area contributed by atoms with Gasteiger partial charge in [-0.05, 0) is 12.8 Å². The number of aromatic nitrogens is 2. The molecule has 0 unspecified atom stereocenters. The maximum atomic E-state index is 12.0. The number of H-pyrrole nitrogens is 1. The van der Waals surface area contributed by atoms with Crippen molar-refractivity contribution >= 4 is 10.0 Å². The number of hydrogen-bond acceptors (Lipinski definition) is 4. The molecule has 2 N–H and O–H groups in total. The summed E-state index contributed by atoms with van der Waals surface area (Å²) in [6, 6.07) is 0.0467. The lowest BCUT2D eigenvalue weighted by Gasteiger charge is -2.19. The van der Waals surface area contributed by atoms with Gasteiger partial charge in [-0.1, -0.05) is 0 Å². The molecule has 6 nitrogen and oxygen atoms in total. The number of aliphatic hydroxyl groups excluding tert-OH is 1. The van der Waals surface area contributed by atoms with E-state index in [-0.39, 0.29) is 24.2 Å². The average molecular weight is 231 g/mol. The van der Waals surface area contributed by atoms with Crippen molar-refractivity contribution in [2.75, 3.05) is 13.2 Å². The fraction of sp³-hybridized carbons (Fsp3) is 0.625. The second-order valence-electron chi connectivity index (χ2n) is 3.49. The zero-order chi connectivity index (χ0) is 10.9. The zero-order valence-corrected chi connectivity index (χ0v) is 8.94. The largest absolute Gasteiger partial charge is 0.395 e. The van der Waals surface area contributed by atoms with E-state index in [0.717, 1.165) is 12.8 Å². The highest BCUT2D eigenvalue weighted by molar-refractivity contribution is 7.89. The zero-order valence-electron chi connectivity index (χ0n) is 8.13. The van der Waals surface area contributed by atoms with Crippen molar-refractivity contribution in [2.24, 2.45) is 0 Å². The summed E-state index contributed by atoms with van der Waals surface area (Å²) >= 11 is 0. The van der Waals surface area contributed by atoms with Gasteiger partial charge in [-0.15, -0.1) is 0 Å². The molecule has 0 aromatic carbocycles. The van der Waals surface area contributed by atoms with Crippen LogP contribution in [0, 0.1) is 0 Å². The van der Waals surface area contributed by atoms with Gasteiger partial charge in [-0.3, -0.25) is 0 Å². The van der Waals surface area contributed by atoms with Crippen LogP contribution < -0.4 is 0 Å². The SMILES string of the molecule is O=S(=O)(c1cnc[nH]1)N(CCO)C1CC1. The minimum absolute atomic E-state index is 0.0467. The molecule has 1 saturated carbocycles. The highest BCUT2D eigenvalue weighted by atomic mass is 32.2. The number of hydrogen-bond donors (Lipinski definition) is 2. The van der Waals surface area contributed by atoms with Gasteiger partial charge in [0.2, 0.25) is 0 Å². The Kier molecular flexibility index (Phi) is 2.76. The summed E-state index contributed by atoms with van der Waals surface area (Å²) in [6.07, 6.45) is 4.35. The van der Waals surface area contributed by atoms with E-state index in [1.165, 1.54) is 16.8 Å². The van der Waals surface area contributed by atoms with E-state index in [2.05, 4.69) is 9.97 Å². The molecule has 0 saturated heterocycles. The Morgan fingerprint density at radius 3 is 2.80 bits per heavy atom. The van der Waals surface area contributed by atoms with Crippen LogP contribution in [0.5, 0.6) is 0 Å². The molecule has 1 fully saturated rings. The number of nitrogens with zero attached hydrogens (tertiary/aromatic N) is 2. The fourth-order valence-corrected chi connectivity index (χ4v) is 3.04. The number of sulfonamides is 1. The number of imidazole rings is 1. The summed E-state index contributed by atoms with van der Waals surface area (Å²) < 4.78 is 25.4. The van der Waals surface area contributed by atoms with Crippen LogP contribution >= 0.6 is 0 Å². The Morgan fingerprint density at radius 1 is 1.60 bits per heavy atom. The number of rotatable bonds is 5. The van der Waals surface area contributed by atoms with Crippen molar-refractivity contribution in [3.8, 4) is 0 Å². The Hall–Kier alpha value is -0.920. The molecule has 0 atom stereocenters. The maximum absolute atomic E-state index is 12.0. The highest BCUT2D eigenvalue weighted by Crippen LogP contribution is 2.30. The third kappa shape index (κ3) is 2.04. The lowest BCUT2D eigenvalue weighted by molar-refractivity contribution is 0.250. The molecule has 1 aromatic rings. The standard InChI is InChI=1S/C8H13N3O3S/c12-4-3-11(7-1-2-7)15(13,14)8-5-9-6-10-8/h5-7,12H,1-4H2,(H,9,10).